The Kier molecular flexibility index (Phi) is 4.47. The third kappa shape index (κ3) is 4.05. The Hall–Kier alpha value is -0.910. The lowest BCUT2D eigenvalue weighted by Gasteiger charge is -2.20. The molecule has 1 atom stereocenters. The zero-order valence-corrected chi connectivity index (χ0v) is 14.3. The van der Waals surface area contributed by atoms with Gasteiger partial charge in [-0.25, -0.2) is 9.97 Å². The maximum absolute atomic E-state index is 6.22. The van der Waals surface area contributed by atoms with Crippen molar-refractivity contribution in [3.63, 3.8) is 0 Å². The van der Waals surface area contributed by atoms with Crippen LogP contribution in [0.3, 0.4) is 0 Å². The molecule has 2 heterocycles. The number of nitrogens with one attached hydrogen (secondary N) is 1. The van der Waals surface area contributed by atoms with E-state index in [1.54, 1.807) is 0 Å². The molecule has 0 saturated carbocycles. The molecule has 1 N–H and O–H groups in total. The van der Waals surface area contributed by atoms with Crippen LogP contribution in [-0.4, -0.2) is 35.0 Å². The number of anilines is 1. The van der Waals surface area contributed by atoms with E-state index in [-0.39, 0.29) is 11.5 Å². The molecule has 6 heteroatoms. The van der Waals surface area contributed by atoms with Gasteiger partial charge in [-0.1, -0.05) is 32.4 Å². The molecule has 118 valence electrons. The maximum atomic E-state index is 6.22. The van der Waals surface area contributed by atoms with Gasteiger partial charge < -0.3 is 14.8 Å². The normalized spacial score (nSPS) is 21.6. The van der Waals surface area contributed by atoms with Crippen LogP contribution in [0.5, 0.6) is 0 Å². The van der Waals surface area contributed by atoms with Crippen LogP contribution in [0.15, 0.2) is 0 Å². The molecule has 2 rings (SSSR count). The van der Waals surface area contributed by atoms with Crippen molar-refractivity contribution in [2.75, 3.05) is 18.5 Å². The van der Waals surface area contributed by atoms with E-state index in [2.05, 4.69) is 36.1 Å². The maximum Gasteiger partial charge on any atom is 0.163 e. The van der Waals surface area contributed by atoms with Gasteiger partial charge >= 0.3 is 0 Å². The molecule has 1 fully saturated rings. The smallest absolute Gasteiger partial charge is 0.163 e. The summed E-state index contributed by atoms with van der Waals surface area (Å²) in [5.74, 6) is 0.971. The van der Waals surface area contributed by atoms with Crippen LogP contribution >= 0.6 is 11.6 Å². The Morgan fingerprint density at radius 2 is 2.00 bits per heavy atom. The van der Waals surface area contributed by atoms with E-state index in [1.807, 2.05) is 20.8 Å². The van der Waals surface area contributed by atoms with Crippen LogP contribution in [-0.2, 0) is 14.9 Å². The minimum atomic E-state index is -0.513. The van der Waals surface area contributed by atoms with Gasteiger partial charge in [0, 0.05) is 17.5 Å². The molecular formula is C15H24ClN3O2. The van der Waals surface area contributed by atoms with Gasteiger partial charge in [0.1, 0.15) is 22.9 Å². The molecule has 0 spiro atoms. The van der Waals surface area contributed by atoms with Crippen molar-refractivity contribution in [1.29, 1.82) is 0 Å². The lowest BCUT2D eigenvalue weighted by atomic mass is 9.95. The van der Waals surface area contributed by atoms with Crippen LogP contribution in [0, 0.1) is 6.92 Å². The van der Waals surface area contributed by atoms with Crippen molar-refractivity contribution in [3.05, 3.63) is 16.5 Å². The number of hydrogen-bond donors (Lipinski definition) is 1. The van der Waals surface area contributed by atoms with E-state index >= 15 is 0 Å². The van der Waals surface area contributed by atoms with Gasteiger partial charge in [0.15, 0.2) is 5.79 Å². The summed E-state index contributed by atoms with van der Waals surface area (Å²) in [5, 5.41) is 3.79. The van der Waals surface area contributed by atoms with Gasteiger partial charge in [0.2, 0.25) is 0 Å². The topological polar surface area (TPSA) is 56.3 Å². The molecule has 1 aromatic rings. The van der Waals surface area contributed by atoms with Gasteiger partial charge in [-0.15, -0.1) is 0 Å². The summed E-state index contributed by atoms with van der Waals surface area (Å²) in [5.41, 5.74) is 0.700. The SMILES string of the molecule is Cc1c(Cl)nc(C(C)(C)C)nc1NCC1COC(C)(C)O1. The van der Waals surface area contributed by atoms with E-state index in [4.69, 9.17) is 21.1 Å². The van der Waals surface area contributed by atoms with Gasteiger partial charge in [-0.05, 0) is 20.8 Å². The van der Waals surface area contributed by atoms with Crippen molar-refractivity contribution in [3.8, 4) is 0 Å². The number of aromatic nitrogens is 2. The molecule has 21 heavy (non-hydrogen) atoms. The molecule has 1 saturated heterocycles. The van der Waals surface area contributed by atoms with Crippen LogP contribution in [0.1, 0.15) is 46.0 Å². The number of nitrogens with zero attached hydrogens (tertiary/aromatic N) is 2. The summed E-state index contributed by atoms with van der Waals surface area (Å²) in [6.45, 7) is 13.1. The predicted molar refractivity (Wildman–Crippen MR) is 83.9 cm³/mol. The quantitative estimate of drug-likeness (QED) is 0.868. The number of halogens is 1. The van der Waals surface area contributed by atoms with Crippen molar-refractivity contribution < 1.29 is 9.47 Å². The van der Waals surface area contributed by atoms with E-state index < -0.39 is 5.79 Å². The highest BCUT2D eigenvalue weighted by Crippen LogP contribution is 2.27. The first-order valence-electron chi connectivity index (χ1n) is 7.19. The summed E-state index contributed by atoms with van der Waals surface area (Å²) in [6, 6.07) is 0. The van der Waals surface area contributed by atoms with Gasteiger partial charge in [-0.2, -0.15) is 0 Å². The highest BCUT2D eigenvalue weighted by atomic mass is 35.5. The van der Waals surface area contributed by atoms with E-state index in [0.29, 0.717) is 18.3 Å². The zero-order valence-electron chi connectivity index (χ0n) is 13.6. The second-order valence-electron chi connectivity index (χ2n) is 6.89. The first kappa shape index (κ1) is 16.5. The standard InChI is InChI=1S/C15H24ClN3O2/c1-9-11(16)18-13(14(2,3)4)19-12(9)17-7-10-8-20-15(5,6)21-10/h10H,7-8H2,1-6H3,(H,17,18,19). The average molecular weight is 314 g/mol. The Morgan fingerprint density at radius 1 is 1.33 bits per heavy atom. The average Bonchev–Trinajstić information content (AvgIpc) is 2.69. The van der Waals surface area contributed by atoms with Crippen LogP contribution < -0.4 is 5.32 Å². The second kappa shape index (κ2) is 5.71. The minimum Gasteiger partial charge on any atom is -0.367 e. The molecule has 1 unspecified atom stereocenters. The Labute approximate surface area is 131 Å². The Morgan fingerprint density at radius 3 is 2.52 bits per heavy atom. The summed E-state index contributed by atoms with van der Waals surface area (Å²) in [6.07, 6.45) is 0.00577. The van der Waals surface area contributed by atoms with E-state index in [1.165, 1.54) is 0 Å². The van der Waals surface area contributed by atoms with E-state index in [9.17, 15) is 0 Å². The van der Waals surface area contributed by atoms with Crippen LogP contribution in [0.2, 0.25) is 5.15 Å². The Bertz CT molecular complexity index is 526. The third-order valence-electron chi connectivity index (χ3n) is 3.32. The molecule has 1 aromatic heterocycles. The molecule has 1 aliphatic heterocycles. The fourth-order valence-corrected chi connectivity index (χ4v) is 2.24. The molecule has 0 bridgehead atoms. The molecule has 0 amide bonds. The van der Waals surface area contributed by atoms with Crippen molar-refractivity contribution in [2.24, 2.45) is 0 Å². The molecule has 0 radical (unpaired) electrons. The first-order chi connectivity index (χ1) is 9.58. The van der Waals surface area contributed by atoms with Gasteiger partial charge in [-0.3, -0.25) is 0 Å². The number of rotatable bonds is 3. The van der Waals surface area contributed by atoms with Crippen LogP contribution in [0.25, 0.3) is 0 Å². The highest BCUT2D eigenvalue weighted by Gasteiger charge is 2.32. The zero-order chi connectivity index (χ0) is 15.8. The highest BCUT2D eigenvalue weighted by molar-refractivity contribution is 6.30. The molecular weight excluding hydrogens is 290 g/mol. The fourth-order valence-electron chi connectivity index (χ4n) is 2.07. The third-order valence-corrected chi connectivity index (χ3v) is 3.69. The van der Waals surface area contributed by atoms with Crippen molar-refractivity contribution >= 4 is 17.4 Å². The molecule has 5 nitrogen and oxygen atoms in total. The fraction of sp³-hybridized carbons (Fsp3) is 0.733. The van der Waals surface area contributed by atoms with Crippen molar-refractivity contribution in [1.82, 2.24) is 9.97 Å². The van der Waals surface area contributed by atoms with Crippen LogP contribution in [0.4, 0.5) is 5.82 Å². The molecule has 0 aliphatic carbocycles. The van der Waals surface area contributed by atoms with Gasteiger partial charge in [0.25, 0.3) is 0 Å². The number of ether oxygens (including phenoxy) is 2. The first-order valence-corrected chi connectivity index (χ1v) is 7.56. The van der Waals surface area contributed by atoms with Crippen molar-refractivity contribution in [2.45, 2.75) is 58.8 Å². The predicted octanol–water partition coefficient (Wildman–Crippen LogP) is 3.30. The summed E-state index contributed by atoms with van der Waals surface area (Å²) in [4.78, 5) is 8.96. The van der Waals surface area contributed by atoms with E-state index in [0.717, 1.165) is 17.2 Å². The molecule has 0 aromatic carbocycles. The second-order valence-corrected chi connectivity index (χ2v) is 7.25. The lowest BCUT2D eigenvalue weighted by molar-refractivity contribution is -0.136. The summed E-state index contributed by atoms with van der Waals surface area (Å²) < 4.78 is 11.3. The minimum absolute atomic E-state index is 0.00577. The summed E-state index contributed by atoms with van der Waals surface area (Å²) in [7, 11) is 0. The largest absolute Gasteiger partial charge is 0.367 e. The monoisotopic (exact) mass is 313 g/mol. The number of hydrogen-bond acceptors (Lipinski definition) is 5. The molecule has 1 aliphatic rings. The summed E-state index contributed by atoms with van der Waals surface area (Å²) >= 11 is 6.22. The Balaban J connectivity index is 2.11. The lowest BCUT2D eigenvalue weighted by Crippen LogP contribution is -2.27. The van der Waals surface area contributed by atoms with Gasteiger partial charge in [0.05, 0.1) is 6.61 Å².